The van der Waals surface area contributed by atoms with Crippen LogP contribution >= 0.6 is 0 Å². The molecule has 94 valence electrons. The van der Waals surface area contributed by atoms with E-state index in [2.05, 4.69) is 15.3 Å². The number of carbonyl (C=O) groups excluding carboxylic acids is 1. The number of hydrogen-bond donors (Lipinski definition) is 5. The number of carbonyl (C=O) groups is 1. The van der Waals surface area contributed by atoms with E-state index in [0.29, 0.717) is 0 Å². The number of aliphatic hydroxyl groups is 3. The van der Waals surface area contributed by atoms with Crippen molar-refractivity contribution in [2.45, 2.75) is 24.5 Å². The maximum atomic E-state index is 11.6. The average molecular weight is 243 g/mol. The molecular formula is C9H13N3O5. The Hall–Kier alpha value is -1.48. The second-order valence-corrected chi connectivity index (χ2v) is 3.70. The number of aromatic amines is 1. The van der Waals surface area contributed by atoms with Crippen molar-refractivity contribution in [3.05, 3.63) is 18.2 Å². The number of aliphatic hydroxyl groups excluding tert-OH is 3. The topological polar surface area (TPSA) is 128 Å². The van der Waals surface area contributed by atoms with E-state index in [4.69, 9.17) is 9.84 Å². The molecular weight excluding hydrogens is 230 g/mol. The highest BCUT2D eigenvalue weighted by Crippen LogP contribution is 2.19. The van der Waals surface area contributed by atoms with Crippen molar-refractivity contribution in [3.8, 4) is 0 Å². The van der Waals surface area contributed by atoms with Crippen LogP contribution in [0.5, 0.6) is 0 Å². The number of rotatable bonds is 3. The maximum absolute atomic E-state index is 11.6. The quantitative estimate of drug-likeness (QED) is 0.402. The van der Waals surface area contributed by atoms with Gasteiger partial charge in [0.2, 0.25) is 0 Å². The zero-order valence-corrected chi connectivity index (χ0v) is 8.78. The average Bonchev–Trinajstić information content (AvgIpc) is 2.93. The standard InChI is InChI=1S/C9H13N3O5/c13-2-5-6(14)7(15)9(17-5)12-8(16)4-1-10-3-11-4/h1,3,5-7,9,13-15H,2H2,(H,10,11)(H,12,16)/t5-,6-,7-,9?/m1/s1. The van der Waals surface area contributed by atoms with E-state index in [9.17, 15) is 15.0 Å². The van der Waals surface area contributed by atoms with Crippen LogP contribution in [0.4, 0.5) is 0 Å². The van der Waals surface area contributed by atoms with Crippen LogP contribution in [0.15, 0.2) is 12.5 Å². The minimum atomic E-state index is -1.28. The van der Waals surface area contributed by atoms with Gasteiger partial charge in [0.1, 0.15) is 24.0 Å². The molecule has 0 spiro atoms. The van der Waals surface area contributed by atoms with Crippen molar-refractivity contribution in [2.24, 2.45) is 0 Å². The minimum Gasteiger partial charge on any atom is -0.394 e. The third kappa shape index (κ3) is 2.29. The molecule has 1 aliphatic rings. The Morgan fingerprint density at radius 3 is 2.82 bits per heavy atom. The van der Waals surface area contributed by atoms with Crippen LogP contribution in [0.3, 0.4) is 0 Å². The molecule has 1 amide bonds. The Morgan fingerprint density at radius 1 is 1.53 bits per heavy atom. The molecule has 4 atom stereocenters. The molecule has 0 aromatic carbocycles. The van der Waals surface area contributed by atoms with Crippen LogP contribution < -0.4 is 5.32 Å². The van der Waals surface area contributed by atoms with Gasteiger partial charge in [0, 0.05) is 0 Å². The molecule has 1 unspecified atom stereocenters. The van der Waals surface area contributed by atoms with Crippen LogP contribution in [-0.2, 0) is 4.74 Å². The van der Waals surface area contributed by atoms with Crippen molar-refractivity contribution in [1.82, 2.24) is 15.3 Å². The second-order valence-electron chi connectivity index (χ2n) is 3.70. The maximum Gasteiger partial charge on any atom is 0.271 e. The Labute approximate surface area is 96.3 Å². The first-order valence-corrected chi connectivity index (χ1v) is 5.05. The Bertz CT molecular complexity index is 382. The van der Waals surface area contributed by atoms with Crippen molar-refractivity contribution in [2.75, 3.05) is 6.61 Å². The Morgan fingerprint density at radius 2 is 2.29 bits per heavy atom. The largest absolute Gasteiger partial charge is 0.394 e. The summed E-state index contributed by atoms with van der Waals surface area (Å²) in [7, 11) is 0. The van der Waals surface area contributed by atoms with Crippen LogP contribution in [0, 0.1) is 0 Å². The molecule has 2 heterocycles. The number of nitrogens with one attached hydrogen (secondary N) is 2. The SMILES string of the molecule is O=C(NC1O[C@H](CO)[C@@H](O)[C@H]1O)c1cnc[nH]1. The number of H-pyrrole nitrogens is 1. The van der Waals surface area contributed by atoms with Crippen molar-refractivity contribution < 1.29 is 24.9 Å². The normalized spacial score (nSPS) is 32.6. The van der Waals surface area contributed by atoms with E-state index in [1.165, 1.54) is 12.5 Å². The highest BCUT2D eigenvalue weighted by atomic mass is 16.6. The molecule has 0 bridgehead atoms. The molecule has 0 radical (unpaired) electrons. The van der Waals surface area contributed by atoms with Gasteiger partial charge in [-0.1, -0.05) is 0 Å². The summed E-state index contributed by atoms with van der Waals surface area (Å²) in [5.74, 6) is -0.516. The third-order valence-corrected chi connectivity index (χ3v) is 2.56. The van der Waals surface area contributed by atoms with Gasteiger partial charge in [-0.3, -0.25) is 4.79 Å². The minimum absolute atomic E-state index is 0.211. The van der Waals surface area contributed by atoms with E-state index in [1.54, 1.807) is 0 Å². The van der Waals surface area contributed by atoms with E-state index >= 15 is 0 Å². The summed E-state index contributed by atoms with van der Waals surface area (Å²) in [6, 6.07) is 0. The predicted molar refractivity (Wildman–Crippen MR) is 53.8 cm³/mol. The van der Waals surface area contributed by atoms with Crippen LogP contribution in [0.2, 0.25) is 0 Å². The lowest BCUT2D eigenvalue weighted by Crippen LogP contribution is -2.43. The van der Waals surface area contributed by atoms with Gasteiger partial charge in [-0.2, -0.15) is 0 Å². The summed E-state index contributed by atoms with van der Waals surface area (Å²) in [5, 5.41) is 30.3. The molecule has 1 saturated heterocycles. The van der Waals surface area contributed by atoms with E-state index in [0.717, 1.165) is 0 Å². The Balaban J connectivity index is 1.98. The van der Waals surface area contributed by atoms with Gasteiger partial charge in [-0.15, -0.1) is 0 Å². The number of imidazole rings is 1. The van der Waals surface area contributed by atoms with Crippen LogP contribution in [-0.4, -0.2) is 62.3 Å². The van der Waals surface area contributed by atoms with Gasteiger partial charge in [0.15, 0.2) is 6.23 Å². The van der Waals surface area contributed by atoms with Crippen molar-refractivity contribution >= 4 is 5.91 Å². The lowest BCUT2D eigenvalue weighted by molar-refractivity contribution is -0.0304. The molecule has 8 nitrogen and oxygen atoms in total. The molecule has 0 aliphatic carbocycles. The third-order valence-electron chi connectivity index (χ3n) is 2.56. The van der Waals surface area contributed by atoms with Gasteiger partial charge in [0.25, 0.3) is 5.91 Å². The smallest absolute Gasteiger partial charge is 0.271 e. The van der Waals surface area contributed by atoms with Gasteiger partial charge < -0.3 is 30.4 Å². The lowest BCUT2D eigenvalue weighted by atomic mass is 10.1. The fraction of sp³-hybridized carbons (Fsp3) is 0.556. The lowest BCUT2D eigenvalue weighted by Gasteiger charge is -2.15. The highest BCUT2D eigenvalue weighted by Gasteiger charge is 2.43. The molecule has 1 fully saturated rings. The van der Waals surface area contributed by atoms with Crippen molar-refractivity contribution in [3.63, 3.8) is 0 Å². The number of ether oxygens (including phenoxy) is 1. The van der Waals surface area contributed by atoms with Gasteiger partial charge in [-0.25, -0.2) is 4.98 Å². The number of nitrogens with zero attached hydrogens (tertiary/aromatic N) is 1. The molecule has 17 heavy (non-hydrogen) atoms. The van der Waals surface area contributed by atoms with Gasteiger partial charge in [-0.05, 0) is 0 Å². The summed E-state index contributed by atoms with van der Waals surface area (Å²) < 4.78 is 5.09. The summed E-state index contributed by atoms with van der Waals surface area (Å²) in [5.41, 5.74) is 0.211. The molecule has 1 aromatic rings. The fourth-order valence-electron chi connectivity index (χ4n) is 1.61. The summed E-state index contributed by atoms with van der Waals surface area (Å²) in [6.07, 6.45) is -1.82. The summed E-state index contributed by atoms with van der Waals surface area (Å²) in [4.78, 5) is 17.9. The number of hydrogen-bond acceptors (Lipinski definition) is 6. The second kappa shape index (κ2) is 4.80. The number of aromatic nitrogens is 2. The van der Waals surface area contributed by atoms with E-state index < -0.39 is 37.1 Å². The molecule has 1 aromatic heterocycles. The molecule has 2 rings (SSSR count). The highest BCUT2D eigenvalue weighted by molar-refractivity contribution is 5.92. The summed E-state index contributed by atoms with van der Waals surface area (Å²) in [6.45, 7) is -0.436. The first kappa shape index (κ1) is 12.0. The predicted octanol–water partition coefficient (Wildman–Crippen LogP) is -2.42. The molecule has 1 aliphatic heterocycles. The first-order chi connectivity index (χ1) is 8.13. The number of amides is 1. The van der Waals surface area contributed by atoms with Gasteiger partial charge in [0.05, 0.1) is 19.1 Å². The summed E-state index contributed by atoms with van der Waals surface area (Å²) >= 11 is 0. The monoisotopic (exact) mass is 243 g/mol. The van der Waals surface area contributed by atoms with E-state index in [1.807, 2.05) is 0 Å². The van der Waals surface area contributed by atoms with Crippen LogP contribution in [0.1, 0.15) is 10.5 Å². The van der Waals surface area contributed by atoms with E-state index in [-0.39, 0.29) is 5.69 Å². The van der Waals surface area contributed by atoms with Crippen molar-refractivity contribution in [1.29, 1.82) is 0 Å². The molecule has 5 N–H and O–H groups in total. The Kier molecular flexibility index (Phi) is 3.38. The zero-order valence-electron chi connectivity index (χ0n) is 8.78. The van der Waals surface area contributed by atoms with Crippen LogP contribution in [0.25, 0.3) is 0 Å². The first-order valence-electron chi connectivity index (χ1n) is 5.05. The molecule has 8 heteroatoms. The molecule has 0 saturated carbocycles. The zero-order chi connectivity index (χ0) is 12.4. The fourth-order valence-corrected chi connectivity index (χ4v) is 1.61. The van der Waals surface area contributed by atoms with Gasteiger partial charge >= 0.3 is 0 Å².